The molecule has 9 heteroatoms. The number of pyridine rings is 2. The Bertz CT molecular complexity index is 953. The third kappa shape index (κ3) is 3.59. The number of alkyl halides is 2. The Kier molecular flexibility index (Phi) is 4.60. The molecule has 150 valence electrons. The number of halogens is 2. The molecule has 3 amide bonds. The molecule has 1 saturated heterocycles. The number of ketones is 1. The van der Waals surface area contributed by atoms with Gasteiger partial charge in [0.25, 0.3) is 5.91 Å². The van der Waals surface area contributed by atoms with Crippen LogP contribution in [0.2, 0.25) is 0 Å². The van der Waals surface area contributed by atoms with E-state index in [9.17, 15) is 23.2 Å². The van der Waals surface area contributed by atoms with E-state index in [0.717, 1.165) is 10.5 Å². The zero-order valence-corrected chi connectivity index (χ0v) is 15.4. The summed E-state index contributed by atoms with van der Waals surface area (Å²) in [6, 6.07) is 6.09. The van der Waals surface area contributed by atoms with E-state index in [1.165, 1.54) is 6.20 Å². The first-order chi connectivity index (χ1) is 13.8. The molecule has 3 heterocycles. The van der Waals surface area contributed by atoms with Crippen LogP contribution in [0.15, 0.2) is 42.9 Å². The second-order valence-electron chi connectivity index (χ2n) is 7.36. The predicted octanol–water partition coefficient (Wildman–Crippen LogP) is 2.83. The maximum absolute atomic E-state index is 13.4. The molecule has 1 aliphatic heterocycles. The molecule has 0 atom stereocenters. The van der Waals surface area contributed by atoms with Crippen LogP contribution in [-0.4, -0.2) is 50.6 Å². The number of carbonyl (C=O) groups is 3. The third-order valence-corrected chi connectivity index (χ3v) is 5.43. The van der Waals surface area contributed by atoms with Crippen molar-refractivity contribution >= 4 is 17.7 Å². The van der Waals surface area contributed by atoms with E-state index in [4.69, 9.17) is 0 Å². The SMILES string of the molecule is O=C(CN1C(=O)NC2(CCC(F)(F)CC2)C1=O)c1ccc(-c2cccnc2)nc1. The van der Waals surface area contributed by atoms with Gasteiger partial charge in [-0.15, -0.1) is 0 Å². The Hall–Kier alpha value is -3.23. The number of hydrogen-bond acceptors (Lipinski definition) is 5. The maximum Gasteiger partial charge on any atom is 0.325 e. The molecule has 2 aliphatic rings. The number of urea groups is 1. The van der Waals surface area contributed by atoms with Gasteiger partial charge in [0.2, 0.25) is 5.92 Å². The van der Waals surface area contributed by atoms with Gasteiger partial charge in [0.05, 0.1) is 12.2 Å². The summed E-state index contributed by atoms with van der Waals surface area (Å²) in [5, 5.41) is 2.52. The number of carbonyl (C=O) groups excluding carboxylic acids is 3. The highest BCUT2D eigenvalue weighted by Gasteiger charge is 2.55. The number of imide groups is 1. The summed E-state index contributed by atoms with van der Waals surface area (Å²) in [5.74, 6) is -3.91. The van der Waals surface area contributed by atoms with Crippen molar-refractivity contribution in [2.24, 2.45) is 0 Å². The predicted molar refractivity (Wildman–Crippen MR) is 98.2 cm³/mol. The molecule has 2 aromatic rings. The van der Waals surface area contributed by atoms with Crippen LogP contribution in [0.3, 0.4) is 0 Å². The van der Waals surface area contributed by atoms with E-state index >= 15 is 0 Å². The van der Waals surface area contributed by atoms with E-state index in [2.05, 4.69) is 15.3 Å². The lowest BCUT2D eigenvalue weighted by atomic mass is 9.80. The minimum absolute atomic E-state index is 0.142. The number of amides is 3. The Morgan fingerprint density at radius 1 is 1.10 bits per heavy atom. The van der Waals surface area contributed by atoms with Crippen LogP contribution in [-0.2, 0) is 4.79 Å². The van der Waals surface area contributed by atoms with E-state index in [-0.39, 0.29) is 18.4 Å². The summed E-state index contributed by atoms with van der Waals surface area (Å²) in [5.41, 5.74) is 0.333. The average Bonchev–Trinajstić information content (AvgIpc) is 2.95. The van der Waals surface area contributed by atoms with E-state index in [1.807, 2.05) is 6.07 Å². The van der Waals surface area contributed by atoms with Gasteiger partial charge < -0.3 is 5.32 Å². The normalized spacial score (nSPS) is 20.0. The highest BCUT2D eigenvalue weighted by atomic mass is 19.3. The number of aromatic nitrogens is 2. The molecule has 1 aliphatic carbocycles. The van der Waals surface area contributed by atoms with Crippen molar-refractivity contribution in [2.45, 2.75) is 37.1 Å². The molecule has 0 unspecified atom stereocenters. The van der Waals surface area contributed by atoms with Gasteiger partial charge in [-0.25, -0.2) is 13.6 Å². The van der Waals surface area contributed by atoms with Gasteiger partial charge in [-0.05, 0) is 37.1 Å². The van der Waals surface area contributed by atoms with Crippen molar-refractivity contribution in [3.63, 3.8) is 0 Å². The van der Waals surface area contributed by atoms with Crippen molar-refractivity contribution < 1.29 is 23.2 Å². The lowest BCUT2D eigenvalue weighted by Gasteiger charge is -2.34. The topological polar surface area (TPSA) is 92.3 Å². The molecule has 1 spiro atoms. The van der Waals surface area contributed by atoms with Crippen LogP contribution in [0, 0.1) is 0 Å². The number of nitrogens with zero attached hydrogens (tertiary/aromatic N) is 3. The highest BCUT2D eigenvalue weighted by molar-refractivity contribution is 6.11. The van der Waals surface area contributed by atoms with E-state index < -0.39 is 48.6 Å². The van der Waals surface area contributed by atoms with Crippen molar-refractivity contribution in [3.8, 4) is 11.3 Å². The Balaban J connectivity index is 1.46. The minimum Gasteiger partial charge on any atom is -0.323 e. The summed E-state index contributed by atoms with van der Waals surface area (Å²) in [6.07, 6.45) is 3.43. The maximum atomic E-state index is 13.4. The number of Topliss-reactive ketones (excluding diaryl/α,β-unsaturated/α-hetero) is 1. The Morgan fingerprint density at radius 3 is 2.48 bits per heavy atom. The smallest absolute Gasteiger partial charge is 0.323 e. The van der Waals surface area contributed by atoms with Crippen LogP contribution in [0.1, 0.15) is 36.0 Å². The number of rotatable bonds is 4. The van der Waals surface area contributed by atoms with E-state index in [0.29, 0.717) is 5.69 Å². The van der Waals surface area contributed by atoms with Crippen LogP contribution in [0.5, 0.6) is 0 Å². The molecule has 0 bridgehead atoms. The standard InChI is InChI=1S/C20H18F2N4O3/c21-20(22)7-5-19(6-8-20)17(28)26(18(29)25-19)12-16(27)14-3-4-15(24-11-14)13-2-1-9-23-10-13/h1-4,9-11H,5-8,12H2,(H,25,29). The van der Waals surface area contributed by atoms with Crippen molar-refractivity contribution in [1.82, 2.24) is 20.2 Å². The van der Waals surface area contributed by atoms with Crippen molar-refractivity contribution in [2.75, 3.05) is 6.54 Å². The molecule has 0 radical (unpaired) electrons. The molecular formula is C20H18F2N4O3. The largest absolute Gasteiger partial charge is 0.325 e. The van der Waals surface area contributed by atoms with Crippen molar-refractivity contribution in [3.05, 3.63) is 48.4 Å². The number of nitrogens with one attached hydrogen (secondary N) is 1. The lowest BCUT2D eigenvalue weighted by Crippen LogP contribution is -2.51. The number of hydrogen-bond donors (Lipinski definition) is 1. The van der Waals surface area contributed by atoms with Gasteiger partial charge in [0, 0.05) is 42.6 Å². The molecule has 1 saturated carbocycles. The summed E-state index contributed by atoms with van der Waals surface area (Å²) >= 11 is 0. The molecule has 0 aromatic carbocycles. The van der Waals surface area contributed by atoms with Crippen LogP contribution in [0.25, 0.3) is 11.3 Å². The molecule has 4 rings (SSSR count). The van der Waals surface area contributed by atoms with Gasteiger partial charge in [0.15, 0.2) is 5.78 Å². The Labute approximate surface area is 165 Å². The first-order valence-electron chi connectivity index (χ1n) is 9.21. The monoisotopic (exact) mass is 400 g/mol. The summed E-state index contributed by atoms with van der Waals surface area (Å²) in [4.78, 5) is 46.6. The average molecular weight is 400 g/mol. The molecular weight excluding hydrogens is 382 g/mol. The fraction of sp³-hybridized carbons (Fsp3) is 0.350. The highest BCUT2D eigenvalue weighted by Crippen LogP contribution is 2.41. The fourth-order valence-corrected chi connectivity index (χ4v) is 3.68. The van der Waals surface area contributed by atoms with Gasteiger partial charge in [-0.3, -0.25) is 24.5 Å². The van der Waals surface area contributed by atoms with Crippen LogP contribution >= 0.6 is 0 Å². The first kappa shape index (κ1) is 19.1. The lowest BCUT2D eigenvalue weighted by molar-refractivity contribution is -0.135. The second-order valence-corrected chi connectivity index (χ2v) is 7.36. The van der Waals surface area contributed by atoms with E-state index in [1.54, 1.807) is 30.6 Å². The molecule has 2 aromatic heterocycles. The van der Waals surface area contributed by atoms with Gasteiger partial charge in [0.1, 0.15) is 5.54 Å². The summed E-state index contributed by atoms with van der Waals surface area (Å²) in [6.45, 7) is -0.462. The fourth-order valence-electron chi connectivity index (χ4n) is 3.68. The molecule has 7 nitrogen and oxygen atoms in total. The van der Waals surface area contributed by atoms with Crippen molar-refractivity contribution in [1.29, 1.82) is 0 Å². The quantitative estimate of drug-likeness (QED) is 0.629. The molecule has 1 N–H and O–H groups in total. The summed E-state index contributed by atoms with van der Waals surface area (Å²) in [7, 11) is 0. The van der Waals surface area contributed by atoms with Gasteiger partial charge in [-0.2, -0.15) is 0 Å². The third-order valence-electron chi connectivity index (χ3n) is 5.43. The zero-order valence-electron chi connectivity index (χ0n) is 15.4. The second kappa shape index (κ2) is 6.98. The van der Waals surface area contributed by atoms with Gasteiger partial charge in [-0.1, -0.05) is 0 Å². The minimum atomic E-state index is -2.83. The Morgan fingerprint density at radius 2 is 1.86 bits per heavy atom. The van der Waals surface area contributed by atoms with Crippen LogP contribution in [0.4, 0.5) is 13.6 Å². The molecule has 2 fully saturated rings. The van der Waals surface area contributed by atoms with Crippen LogP contribution < -0.4 is 5.32 Å². The zero-order chi connectivity index (χ0) is 20.6. The van der Waals surface area contributed by atoms with Gasteiger partial charge >= 0.3 is 6.03 Å². The molecule has 29 heavy (non-hydrogen) atoms. The first-order valence-corrected chi connectivity index (χ1v) is 9.21. The summed E-state index contributed by atoms with van der Waals surface area (Å²) < 4.78 is 26.9.